The van der Waals surface area contributed by atoms with Crippen LogP contribution in [0, 0.1) is 6.92 Å². The van der Waals surface area contributed by atoms with Crippen LogP contribution in [0.25, 0.3) is 27.9 Å². The largest absolute Gasteiger partial charge is 0.352 e. The molecule has 1 saturated heterocycles. The van der Waals surface area contributed by atoms with Crippen molar-refractivity contribution >= 4 is 22.5 Å². The number of pyridine rings is 1. The molecule has 1 aliphatic heterocycles. The highest BCUT2D eigenvalue weighted by Crippen LogP contribution is 2.30. The Morgan fingerprint density at radius 2 is 2.04 bits per heavy atom. The van der Waals surface area contributed by atoms with Gasteiger partial charge in [-0.1, -0.05) is 0 Å². The molecule has 4 aromatic rings. The highest BCUT2D eigenvalue weighted by molar-refractivity contribution is 5.93. The van der Waals surface area contributed by atoms with E-state index < -0.39 is 0 Å². The molecular weight excluding hydrogens is 338 g/mol. The molecule has 138 valence electrons. The van der Waals surface area contributed by atoms with Gasteiger partial charge in [0.05, 0.1) is 11.4 Å². The maximum atomic E-state index is 4.97. The van der Waals surface area contributed by atoms with Gasteiger partial charge in [-0.25, -0.2) is 14.5 Å². The molecule has 0 bridgehead atoms. The zero-order valence-corrected chi connectivity index (χ0v) is 15.8. The molecule has 5 heterocycles. The molecular formula is C20H23N7. The Kier molecular flexibility index (Phi) is 3.48. The fourth-order valence-electron chi connectivity index (χ4n) is 4.02. The summed E-state index contributed by atoms with van der Waals surface area (Å²) in [6.45, 7) is 9.32. The Morgan fingerprint density at radius 1 is 1.15 bits per heavy atom. The molecule has 7 nitrogen and oxygen atoms in total. The van der Waals surface area contributed by atoms with E-state index in [2.05, 4.69) is 52.2 Å². The molecule has 0 aliphatic carbocycles. The van der Waals surface area contributed by atoms with E-state index in [1.807, 2.05) is 29.9 Å². The lowest BCUT2D eigenvalue weighted by Crippen LogP contribution is -2.57. The molecule has 1 fully saturated rings. The van der Waals surface area contributed by atoms with E-state index in [4.69, 9.17) is 10.1 Å². The van der Waals surface area contributed by atoms with E-state index >= 15 is 0 Å². The van der Waals surface area contributed by atoms with Gasteiger partial charge in [0.2, 0.25) is 0 Å². The summed E-state index contributed by atoms with van der Waals surface area (Å²) < 4.78 is 1.97. The quantitative estimate of drug-likeness (QED) is 0.574. The lowest BCUT2D eigenvalue weighted by Gasteiger charge is -2.39. The minimum atomic E-state index is 0.0744. The van der Waals surface area contributed by atoms with Crippen LogP contribution in [0.5, 0.6) is 0 Å². The summed E-state index contributed by atoms with van der Waals surface area (Å²) >= 11 is 0. The third-order valence-corrected chi connectivity index (χ3v) is 5.25. The molecule has 0 radical (unpaired) electrons. The van der Waals surface area contributed by atoms with Crippen molar-refractivity contribution in [2.24, 2.45) is 0 Å². The number of piperazine rings is 1. The Balaban J connectivity index is 1.67. The molecule has 0 unspecified atom stereocenters. The van der Waals surface area contributed by atoms with Gasteiger partial charge in [0.1, 0.15) is 11.5 Å². The van der Waals surface area contributed by atoms with E-state index in [1.165, 1.54) is 0 Å². The Bertz CT molecular complexity index is 1140. The lowest BCUT2D eigenvalue weighted by atomic mass is 10.0. The van der Waals surface area contributed by atoms with Gasteiger partial charge >= 0.3 is 0 Å². The Labute approximate surface area is 157 Å². The highest BCUT2D eigenvalue weighted by atomic mass is 15.4. The van der Waals surface area contributed by atoms with Crippen molar-refractivity contribution in [2.45, 2.75) is 26.3 Å². The second kappa shape index (κ2) is 5.79. The average Bonchev–Trinajstić information content (AvgIpc) is 3.23. The van der Waals surface area contributed by atoms with Crippen LogP contribution in [0.1, 0.15) is 19.5 Å². The number of hydrogen-bond donors (Lipinski definition) is 2. The second-order valence-electron chi connectivity index (χ2n) is 7.84. The van der Waals surface area contributed by atoms with Crippen molar-refractivity contribution in [3.63, 3.8) is 0 Å². The fraction of sp³-hybridized carbons (Fsp3) is 0.350. The van der Waals surface area contributed by atoms with Gasteiger partial charge in [-0.15, -0.1) is 5.10 Å². The first-order valence-corrected chi connectivity index (χ1v) is 9.31. The third-order valence-electron chi connectivity index (χ3n) is 5.25. The van der Waals surface area contributed by atoms with Gasteiger partial charge in [0.25, 0.3) is 0 Å². The predicted molar refractivity (Wildman–Crippen MR) is 107 cm³/mol. The van der Waals surface area contributed by atoms with Crippen LogP contribution < -0.4 is 10.2 Å². The summed E-state index contributed by atoms with van der Waals surface area (Å²) in [6.07, 6.45) is 3.75. The van der Waals surface area contributed by atoms with Crippen LogP contribution in [0.15, 0.2) is 36.7 Å². The number of fused-ring (bicyclic) bond motifs is 2. The minimum Gasteiger partial charge on any atom is -0.352 e. The maximum absolute atomic E-state index is 4.97. The average molecular weight is 361 g/mol. The van der Waals surface area contributed by atoms with Crippen LogP contribution in [0.4, 0.5) is 5.82 Å². The van der Waals surface area contributed by atoms with Crippen molar-refractivity contribution < 1.29 is 0 Å². The van der Waals surface area contributed by atoms with Crippen molar-refractivity contribution in [3.05, 3.63) is 42.4 Å². The van der Waals surface area contributed by atoms with E-state index in [0.29, 0.717) is 0 Å². The molecule has 27 heavy (non-hydrogen) atoms. The predicted octanol–water partition coefficient (Wildman–Crippen LogP) is 2.77. The smallest absolute Gasteiger partial charge is 0.154 e. The number of aromatic amines is 1. The van der Waals surface area contributed by atoms with Gasteiger partial charge in [-0.2, -0.15) is 0 Å². The lowest BCUT2D eigenvalue weighted by molar-refractivity contribution is 0.351. The number of hydrogen-bond acceptors (Lipinski definition) is 5. The van der Waals surface area contributed by atoms with Gasteiger partial charge in [-0.05, 0) is 45.0 Å². The van der Waals surface area contributed by atoms with Gasteiger partial charge in [0.15, 0.2) is 5.65 Å². The zero-order chi connectivity index (χ0) is 18.6. The van der Waals surface area contributed by atoms with Gasteiger partial charge in [-0.3, -0.25) is 0 Å². The fourth-order valence-corrected chi connectivity index (χ4v) is 4.02. The van der Waals surface area contributed by atoms with E-state index in [-0.39, 0.29) is 5.54 Å². The molecule has 2 N–H and O–H groups in total. The third kappa shape index (κ3) is 2.66. The van der Waals surface area contributed by atoms with Crippen molar-refractivity contribution in [1.82, 2.24) is 29.9 Å². The van der Waals surface area contributed by atoms with Crippen LogP contribution in [-0.4, -0.2) is 49.7 Å². The van der Waals surface area contributed by atoms with Crippen molar-refractivity contribution in [2.75, 3.05) is 24.5 Å². The van der Waals surface area contributed by atoms with Crippen LogP contribution in [0.2, 0.25) is 0 Å². The number of anilines is 1. The van der Waals surface area contributed by atoms with Gasteiger partial charge < -0.3 is 15.2 Å². The van der Waals surface area contributed by atoms with Crippen molar-refractivity contribution in [1.29, 1.82) is 0 Å². The first kappa shape index (κ1) is 16.3. The summed E-state index contributed by atoms with van der Waals surface area (Å²) in [4.78, 5) is 14.7. The number of nitrogens with zero attached hydrogens (tertiary/aromatic N) is 5. The number of aryl methyl sites for hydroxylation is 1. The monoisotopic (exact) mass is 361 g/mol. The van der Waals surface area contributed by atoms with E-state index in [9.17, 15) is 0 Å². The van der Waals surface area contributed by atoms with Crippen LogP contribution >= 0.6 is 0 Å². The van der Waals surface area contributed by atoms with Gasteiger partial charge in [0, 0.05) is 48.5 Å². The van der Waals surface area contributed by atoms with E-state index in [1.54, 1.807) is 0 Å². The molecule has 0 amide bonds. The molecule has 0 atom stereocenters. The topological polar surface area (TPSA) is 74.1 Å². The summed E-state index contributed by atoms with van der Waals surface area (Å²) in [5.74, 6) is 0.982. The number of imidazole rings is 1. The highest BCUT2D eigenvalue weighted by Gasteiger charge is 2.27. The Hall–Kier alpha value is -2.93. The standard InChI is InChI=1S/C20H23N7/c1-13-18(14-6-8-21-19-15(14)7-9-22-19)27-16(24-13)4-5-17(25-27)26-11-10-23-20(2,3)12-26/h4-9,23H,10-12H2,1-3H3,(H,21,22). The molecule has 7 heteroatoms. The molecule has 0 aromatic carbocycles. The summed E-state index contributed by atoms with van der Waals surface area (Å²) in [6, 6.07) is 8.23. The number of rotatable bonds is 2. The zero-order valence-electron chi connectivity index (χ0n) is 15.8. The number of nitrogens with one attached hydrogen (secondary N) is 2. The van der Waals surface area contributed by atoms with Crippen LogP contribution in [-0.2, 0) is 0 Å². The molecule has 5 rings (SSSR count). The first-order chi connectivity index (χ1) is 13.0. The molecule has 0 spiro atoms. The molecule has 4 aromatic heterocycles. The number of aromatic nitrogens is 5. The molecule has 0 saturated carbocycles. The summed E-state index contributed by atoms with van der Waals surface area (Å²) in [5.41, 5.74) is 4.90. The normalized spacial score (nSPS) is 17.1. The maximum Gasteiger partial charge on any atom is 0.154 e. The summed E-state index contributed by atoms with van der Waals surface area (Å²) in [7, 11) is 0. The first-order valence-electron chi connectivity index (χ1n) is 9.31. The number of H-pyrrole nitrogens is 1. The summed E-state index contributed by atoms with van der Waals surface area (Å²) in [5, 5.41) is 9.61. The molecule has 1 aliphatic rings. The Morgan fingerprint density at radius 3 is 2.89 bits per heavy atom. The SMILES string of the molecule is Cc1nc2ccc(N3CCNC(C)(C)C3)nn2c1-c1ccnc2[nH]ccc12. The van der Waals surface area contributed by atoms with E-state index in [0.717, 1.165) is 59.1 Å². The van der Waals surface area contributed by atoms with Crippen LogP contribution in [0.3, 0.4) is 0 Å². The van der Waals surface area contributed by atoms with Crippen molar-refractivity contribution in [3.8, 4) is 11.3 Å². The second-order valence-corrected chi connectivity index (χ2v) is 7.84. The minimum absolute atomic E-state index is 0.0744.